The Morgan fingerprint density at radius 2 is 2.24 bits per heavy atom. The highest BCUT2D eigenvalue weighted by atomic mass is 35.5. The molecule has 0 bridgehead atoms. The molecule has 0 radical (unpaired) electrons. The minimum absolute atomic E-state index is 0.0306. The van der Waals surface area contributed by atoms with E-state index in [9.17, 15) is 13.6 Å². The fraction of sp³-hybridized carbons (Fsp3) is 0.273. The van der Waals surface area contributed by atoms with E-state index < -0.39 is 12.4 Å². The maximum absolute atomic E-state index is 12.7. The molecule has 90 valence electrons. The van der Waals surface area contributed by atoms with E-state index in [4.69, 9.17) is 16.9 Å². The second kappa shape index (κ2) is 5.60. The quantitative estimate of drug-likeness (QED) is 0.619. The number of esters is 1. The van der Waals surface area contributed by atoms with Crippen LogP contribution >= 0.6 is 11.6 Å². The lowest BCUT2D eigenvalue weighted by molar-refractivity contribution is 0.0600. The molecule has 0 saturated heterocycles. The van der Waals surface area contributed by atoms with Gasteiger partial charge < -0.3 is 4.74 Å². The zero-order valence-electron chi connectivity index (χ0n) is 8.84. The molecule has 0 heterocycles. The second-order valence-corrected chi connectivity index (χ2v) is 3.40. The van der Waals surface area contributed by atoms with E-state index in [2.05, 4.69) is 4.74 Å². The Morgan fingerprint density at radius 1 is 1.59 bits per heavy atom. The number of methoxy groups -OCH3 is 1. The number of hydrogen-bond donors (Lipinski definition) is 0. The van der Waals surface area contributed by atoms with Crippen molar-refractivity contribution in [1.29, 1.82) is 5.26 Å². The summed E-state index contributed by atoms with van der Waals surface area (Å²) in [5, 5.41) is 8.82. The number of carbonyl (C=O) groups is 1. The lowest BCUT2D eigenvalue weighted by atomic mass is 10.00. The normalized spacial score (nSPS) is 10.1. The molecule has 3 nitrogen and oxygen atoms in total. The SMILES string of the molecule is COC(=O)c1cc(C(F)F)c(CCl)cc1C#N. The van der Waals surface area contributed by atoms with E-state index in [0.717, 1.165) is 13.2 Å². The van der Waals surface area contributed by atoms with E-state index in [-0.39, 0.29) is 28.1 Å². The molecular formula is C11H8ClF2NO2. The molecule has 0 atom stereocenters. The first-order valence-electron chi connectivity index (χ1n) is 4.54. The average molecular weight is 260 g/mol. The van der Waals surface area contributed by atoms with Crippen LogP contribution in [0.1, 0.15) is 33.5 Å². The number of alkyl halides is 3. The number of nitriles is 1. The Labute approximate surface area is 102 Å². The lowest BCUT2D eigenvalue weighted by Gasteiger charge is -2.10. The molecule has 6 heteroatoms. The standard InChI is InChI=1S/C11H8ClF2NO2/c1-17-11(16)9-3-8(10(13)14)6(4-12)2-7(9)5-15/h2-3,10H,4H2,1H3. The van der Waals surface area contributed by atoms with Crippen LogP contribution in [0.25, 0.3) is 0 Å². The van der Waals surface area contributed by atoms with Gasteiger partial charge in [0.05, 0.1) is 18.2 Å². The van der Waals surface area contributed by atoms with E-state index in [1.54, 1.807) is 6.07 Å². The van der Waals surface area contributed by atoms with Crippen LogP contribution in [0.15, 0.2) is 12.1 Å². The van der Waals surface area contributed by atoms with Crippen molar-refractivity contribution in [2.75, 3.05) is 7.11 Å². The molecule has 0 spiro atoms. The van der Waals surface area contributed by atoms with Gasteiger partial charge in [-0.05, 0) is 17.7 Å². The van der Waals surface area contributed by atoms with Crippen LogP contribution in [0.2, 0.25) is 0 Å². The summed E-state index contributed by atoms with van der Waals surface area (Å²) in [5.41, 5.74) is -0.443. The largest absolute Gasteiger partial charge is 0.465 e. The van der Waals surface area contributed by atoms with Crippen molar-refractivity contribution in [3.05, 3.63) is 34.4 Å². The van der Waals surface area contributed by atoms with E-state index in [1.165, 1.54) is 6.07 Å². The Hall–Kier alpha value is -1.67. The van der Waals surface area contributed by atoms with Crippen molar-refractivity contribution in [3.63, 3.8) is 0 Å². The first-order valence-corrected chi connectivity index (χ1v) is 5.08. The molecule has 1 aromatic rings. The Bertz CT molecular complexity index is 483. The van der Waals surface area contributed by atoms with Crippen molar-refractivity contribution in [2.45, 2.75) is 12.3 Å². The number of rotatable bonds is 3. The monoisotopic (exact) mass is 259 g/mol. The highest BCUT2D eigenvalue weighted by Gasteiger charge is 2.20. The van der Waals surface area contributed by atoms with Gasteiger partial charge in [-0.3, -0.25) is 0 Å². The summed E-state index contributed by atoms with van der Waals surface area (Å²) in [6.07, 6.45) is -2.76. The molecule has 0 aromatic heterocycles. The predicted octanol–water partition coefficient (Wildman–Crippen LogP) is 3.02. The Balaban J connectivity index is 3.45. The molecule has 0 unspecified atom stereocenters. The van der Waals surface area contributed by atoms with Crippen LogP contribution in [0.3, 0.4) is 0 Å². The number of benzene rings is 1. The third-order valence-corrected chi connectivity index (χ3v) is 2.47. The number of halogens is 3. The van der Waals surface area contributed by atoms with Crippen LogP contribution in [0, 0.1) is 11.3 Å². The predicted molar refractivity (Wildman–Crippen MR) is 57.0 cm³/mol. The molecule has 0 aliphatic carbocycles. The van der Waals surface area contributed by atoms with Gasteiger partial charge in [0.25, 0.3) is 6.43 Å². The zero-order chi connectivity index (χ0) is 13.0. The van der Waals surface area contributed by atoms with E-state index in [0.29, 0.717) is 0 Å². The van der Waals surface area contributed by atoms with Gasteiger partial charge in [0, 0.05) is 11.4 Å². The molecular weight excluding hydrogens is 252 g/mol. The highest BCUT2D eigenvalue weighted by Crippen LogP contribution is 2.27. The van der Waals surface area contributed by atoms with Crippen LogP contribution in [-0.2, 0) is 10.6 Å². The van der Waals surface area contributed by atoms with Gasteiger partial charge >= 0.3 is 5.97 Å². The minimum atomic E-state index is -2.76. The molecule has 0 amide bonds. The first kappa shape index (κ1) is 13.4. The van der Waals surface area contributed by atoms with Crippen LogP contribution in [-0.4, -0.2) is 13.1 Å². The molecule has 1 aromatic carbocycles. The number of hydrogen-bond acceptors (Lipinski definition) is 3. The molecule has 0 N–H and O–H groups in total. The van der Waals surface area contributed by atoms with Gasteiger partial charge in [-0.2, -0.15) is 5.26 Å². The summed E-state index contributed by atoms with van der Waals surface area (Å²) >= 11 is 5.51. The molecule has 0 aliphatic rings. The maximum atomic E-state index is 12.7. The van der Waals surface area contributed by atoms with Crippen molar-refractivity contribution in [1.82, 2.24) is 0 Å². The van der Waals surface area contributed by atoms with Gasteiger partial charge in [-0.15, -0.1) is 11.6 Å². The zero-order valence-corrected chi connectivity index (χ0v) is 9.59. The summed E-state index contributed by atoms with van der Waals surface area (Å²) < 4.78 is 29.8. The number of nitrogens with zero attached hydrogens (tertiary/aromatic N) is 1. The van der Waals surface area contributed by atoms with Crippen molar-refractivity contribution >= 4 is 17.6 Å². The van der Waals surface area contributed by atoms with Crippen molar-refractivity contribution < 1.29 is 18.3 Å². The summed E-state index contributed by atoms with van der Waals surface area (Å²) in [5.74, 6) is -0.986. The third-order valence-electron chi connectivity index (χ3n) is 2.18. The molecule has 17 heavy (non-hydrogen) atoms. The third kappa shape index (κ3) is 2.71. The van der Waals surface area contributed by atoms with Crippen LogP contribution in [0.5, 0.6) is 0 Å². The summed E-state index contributed by atoms with van der Waals surface area (Å²) in [6, 6.07) is 3.88. The number of ether oxygens (including phenoxy) is 1. The second-order valence-electron chi connectivity index (χ2n) is 3.13. The fourth-order valence-corrected chi connectivity index (χ4v) is 1.58. The first-order chi connectivity index (χ1) is 8.04. The van der Waals surface area contributed by atoms with Crippen LogP contribution < -0.4 is 0 Å². The van der Waals surface area contributed by atoms with E-state index >= 15 is 0 Å². The Kier molecular flexibility index (Phi) is 4.41. The van der Waals surface area contributed by atoms with Gasteiger partial charge in [0.15, 0.2) is 0 Å². The summed E-state index contributed by atoms with van der Waals surface area (Å²) in [7, 11) is 1.11. The molecule has 0 saturated carbocycles. The average Bonchev–Trinajstić information content (AvgIpc) is 2.35. The molecule has 1 rings (SSSR count). The Morgan fingerprint density at radius 3 is 2.65 bits per heavy atom. The van der Waals surface area contributed by atoms with Crippen molar-refractivity contribution in [3.8, 4) is 6.07 Å². The summed E-state index contributed by atoms with van der Waals surface area (Å²) in [4.78, 5) is 11.3. The van der Waals surface area contributed by atoms with Gasteiger partial charge in [-0.1, -0.05) is 0 Å². The van der Waals surface area contributed by atoms with Crippen molar-refractivity contribution in [2.24, 2.45) is 0 Å². The topological polar surface area (TPSA) is 50.1 Å². The summed E-state index contributed by atoms with van der Waals surface area (Å²) in [6.45, 7) is 0. The molecule has 0 fully saturated rings. The van der Waals surface area contributed by atoms with Gasteiger partial charge in [0.2, 0.25) is 0 Å². The smallest absolute Gasteiger partial charge is 0.339 e. The maximum Gasteiger partial charge on any atom is 0.339 e. The highest BCUT2D eigenvalue weighted by molar-refractivity contribution is 6.17. The van der Waals surface area contributed by atoms with E-state index in [1.807, 2.05) is 0 Å². The lowest BCUT2D eigenvalue weighted by Crippen LogP contribution is -2.07. The van der Waals surface area contributed by atoms with Gasteiger partial charge in [0.1, 0.15) is 6.07 Å². The number of carbonyl (C=O) groups excluding carboxylic acids is 1. The minimum Gasteiger partial charge on any atom is -0.465 e. The molecule has 0 aliphatic heterocycles. The van der Waals surface area contributed by atoms with Crippen LogP contribution in [0.4, 0.5) is 8.78 Å². The van der Waals surface area contributed by atoms with Gasteiger partial charge in [-0.25, -0.2) is 13.6 Å². The fourth-order valence-electron chi connectivity index (χ4n) is 1.35.